The van der Waals surface area contributed by atoms with Crippen molar-refractivity contribution in [2.75, 3.05) is 0 Å². The Kier molecular flexibility index (Phi) is 3.30. The predicted octanol–water partition coefficient (Wildman–Crippen LogP) is 3.81. The number of benzene rings is 1. The van der Waals surface area contributed by atoms with E-state index in [1.807, 2.05) is 0 Å². The van der Waals surface area contributed by atoms with E-state index in [0.717, 1.165) is 17.7 Å². The lowest BCUT2D eigenvalue weighted by Gasteiger charge is -2.06. The van der Waals surface area contributed by atoms with Crippen molar-refractivity contribution in [1.82, 2.24) is 9.36 Å². The van der Waals surface area contributed by atoms with Crippen LogP contribution >= 0.6 is 23.8 Å². The van der Waals surface area contributed by atoms with Gasteiger partial charge in [-0.2, -0.15) is 13.2 Å². The Labute approximate surface area is 104 Å². The van der Waals surface area contributed by atoms with Gasteiger partial charge in [0.05, 0.1) is 5.56 Å². The van der Waals surface area contributed by atoms with Gasteiger partial charge >= 0.3 is 6.18 Å². The van der Waals surface area contributed by atoms with Gasteiger partial charge in [0, 0.05) is 6.42 Å². The van der Waals surface area contributed by atoms with Crippen LogP contribution in [0, 0.1) is 3.95 Å². The number of aromatic nitrogens is 2. The third-order valence-electron chi connectivity index (χ3n) is 2.14. The van der Waals surface area contributed by atoms with Crippen molar-refractivity contribution in [3.63, 3.8) is 0 Å². The molecule has 0 saturated heterocycles. The fourth-order valence-corrected chi connectivity index (χ4v) is 2.05. The summed E-state index contributed by atoms with van der Waals surface area (Å²) in [6.07, 6.45) is -3.84. The molecule has 1 N–H and O–H groups in total. The van der Waals surface area contributed by atoms with Crippen LogP contribution in [0.5, 0.6) is 0 Å². The highest BCUT2D eigenvalue weighted by molar-refractivity contribution is 7.73. The van der Waals surface area contributed by atoms with Crippen LogP contribution in [0.3, 0.4) is 0 Å². The lowest BCUT2D eigenvalue weighted by molar-refractivity contribution is -0.137. The van der Waals surface area contributed by atoms with E-state index in [9.17, 15) is 13.2 Å². The molecule has 0 aliphatic rings. The molecule has 0 aliphatic carbocycles. The molecule has 1 aromatic heterocycles. The Morgan fingerprint density at radius 3 is 2.35 bits per heavy atom. The zero-order valence-electron chi connectivity index (χ0n) is 8.41. The first-order valence-corrected chi connectivity index (χ1v) is 5.88. The van der Waals surface area contributed by atoms with Crippen molar-refractivity contribution in [2.24, 2.45) is 0 Å². The fourth-order valence-electron chi connectivity index (χ4n) is 1.34. The number of hydrogen-bond donors (Lipinski definition) is 1. The molecule has 7 heteroatoms. The number of halogens is 3. The zero-order valence-corrected chi connectivity index (χ0v) is 10.0. The van der Waals surface area contributed by atoms with Crippen molar-refractivity contribution in [1.29, 1.82) is 0 Å². The Balaban J connectivity index is 2.16. The number of nitrogens with zero attached hydrogens (tertiary/aromatic N) is 1. The van der Waals surface area contributed by atoms with Gasteiger partial charge in [-0.25, -0.2) is 4.98 Å². The first-order chi connectivity index (χ1) is 7.95. The molecule has 2 aromatic rings. The number of nitrogens with one attached hydrogen (secondary N) is 1. The molecule has 0 fully saturated rings. The summed E-state index contributed by atoms with van der Waals surface area (Å²) < 4.78 is 40.4. The summed E-state index contributed by atoms with van der Waals surface area (Å²) in [7, 11) is 0. The number of H-pyrrole nitrogens is 1. The highest BCUT2D eigenvalue weighted by atomic mass is 32.2. The normalized spacial score (nSPS) is 11.7. The second kappa shape index (κ2) is 4.58. The first-order valence-electron chi connectivity index (χ1n) is 4.66. The summed E-state index contributed by atoms with van der Waals surface area (Å²) in [5.41, 5.74) is 0.113. The minimum atomic E-state index is -4.29. The SMILES string of the molecule is FC(F)(F)c1ccc(Cc2nc(=S)s[nH]2)cc1. The van der Waals surface area contributed by atoms with Crippen molar-refractivity contribution in [3.05, 3.63) is 45.2 Å². The van der Waals surface area contributed by atoms with E-state index in [1.165, 1.54) is 23.7 Å². The summed E-state index contributed by atoms with van der Waals surface area (Å²) in [6.45, 7) is 0. The van der Waals surface area contributed by atoms with Crippen molar-refractivity contribution < 1.29 is 13.2 Å². The molecule has 0 atom stereocenters. The van der Waals surface area contributed by atoms with Gasteiger partial charge in [-0.3, -0.25) is 4.37 Å². The van der Waals surface area contributed by atoms with E-state index < -0.39 is 11.7 Å². The largest absolute Gasteiger partial charge is 0.416 e. The third kappa shape index (κ3) is 3.13. The summed E-state index contributed by atoms with van der Waals surface area (Å²) in [5, 5.41) is 0. The molecule has 0 aliphatic heterocycles. The van der Waals surface area contributed by atoms with Gasteiger partial charge in [-0.05, 0) is 41.4 Å². The number of hydrogen-bond acceptors (Lipinski definition) is 3. The van der Waals surface area contributed by atoms with Crippen LogP contribution < -0.4 is 0 Å². The van der Waals surface area contributed by atoms with E-state index >= 15 is 0 Å². The molecule has 17 heavy (non-hydrogen) atoms. The molecule has 0 amide bonds. The molecule has 1 aromatic carbocycles. The number of alkyl halides is 3. The maximum absolute atomic E-state index is 12.3. The van der Waals surface area contributed by atoms with Crippen LogP contribution in [0.25, 0.3) is 0 Å². The van der Waals surface area contributed by atoms with Crippen LogP contribution in [0.2, 0.25) is 0 Å². The van der Waals surface area contributed by atoms with E-state index in [2.05, 4.69) is 9.36 Å². The van der Waals surface area contributed by atoms with Gasteiger partial charge in [0.2, 0.25) is 0 Å². The van der Waals surface area contributed by atoms with E-state index in [0.29, 0.717) is 16.2 Å². The van der Waals surface area contributed by atoms with Gasteiger partial charge in [-0.1, -0.05) is 12.1 Å². The van der Waals surface area contributed by atoms with Gasteiger partial charge in [0.25, 0.3) is 0 Å². The minimum absolute atomic E-state index is 0.450. The van der Waals surface area contributed by atoms with Crippen LogP contribution in [-0.4, -0.2) is 9.36 Å². The van der Waals surface area contributed by atoms with Crippen molar-refractivity contribution >= 4 is 23.8 Å². The monoisotopic (exact) mass is 276 g/mol. The second-order valence-corrected chi connectivity index (χ2v) is 4.84. The molecule has 0 unspecified atom stereocenters. The van der Waals surface area contributed by atoms with Crippen LogP contribution in [0.4, 0.5) is 13.2 Å². The quantitative estimate of drug-likeness (QED) is 0.845. The third-order valence-corrected chi connectivity index (χ3v) is 3.08. The van der Waals surface area contributed by atoms with Gasteiger partial charge < -0.3 is 0 Å². The zero-order chi connectivity index (χ0) is 12.5. The molecule has 0 radical (unpaired) electrons. The fraction of sp³-hybridized carbons (Fsp3) is 0.200. The van der Waals surface area contributed by atoms with Gasteiger partial charge in [0.1, 0.15) is 5.82 Å². The van der Waals surface area contributed by atoms with Crippen LogP contribution in [-0.2, 0) is 12.6 Å². The van der Waals surface area contributed by atoms with E-state index in [1.54, 1.807) is 0 Å². The highest BCUT2D eigenvalue weighted by Gasteiger charge is 2.29. The van der Waals surface area contributed by atoms with Gasteiger partial charge in [0.15, 0.2) is 3.95 Å². The summed E-state index contributed by atoms with van der Waals surface area (Å²) in [5.74, 6) is 0.666. The maximum Gasteiger partial charge on any atom is 0.416 e. The molecular weight excluding hydrogens is 269 g/mol. The van der Waals surface area contributed by atoms with Crippen LogP contribution in [0.15, 0.2) is 24.3 Å². The molecule has 0 bridgehead atoms. The Hall–Kier alpha value is -1.21. The lowest BCUT2D eigenvalue weighted by Crippen LogP contribution is -2.04. The number of aromatic amines is 1. The predicted molar refractivity (Wildman–Crippen MR) is 61.5 cm³/mol. The van der Waals surface area contributed by atoms with E-state index in [4.69, 9.17) is 12.2 Å². The summed E-state index contributed by atoms with van der Waals surface area (Å²) in [6, 6.07) is 5.02. The minimum Gasteiger partial charge on any atom is -0.296 e. The lowest BCUT2D eigenvalue weighted by atomic mass is 10.1. The molecule has 0 saturated carbocycles. The van der Waals surface area contributed by atoms with Crippen molar-refractivity contribution in [2.45, 2.75) is 12.6 Å². The standard InChI is InChI=1S/C10H7F3N2S2/c11-10(12,13)7-3-1-6(2-4-7)5-8-14-9(16)17-15-8/h1-4H,5H2,(H,14,15,16). The van der Waals surface area contributed by atoms with Crippen molar-refractivity contribution in [3.8, 4) is 0 Å². The number of rotatable bonds is 2. The second-order valence-electron chi connectivity index (χ2n) is 3.40. The average molecular weight is 276 g/mol. The molecule has 0 spiro atoms. The molecule has 1 heterocycles. The van der Waals surface area contributed by atoms with Crippen LogP contribution in [0.1, 0.15) is 17.0 Å². The summed E-state index contributed by atoms with van der Waals surface area (Å²) in [4.78, 5) is 4.03. The Morgan fingerprint density at radius 2 is 1.88 bits per heavy atom. The average Bonchev–Trinajstić information content (AvgIpc) is 2.63. The first kappa shape index (κ1) is 12.3. The topological polar surface area (TPSA) is 28.7 Å². The molecular formula is C10H7F3N2S2. The molecule has 2 rings (SSSR count). The smallest absolute Gasteiger partial charge is 0.296 e. The highest BCUT2D eigenvalue weighted by Crippen LogP contribution is 2.29. The van der Waals surface area contributed by atoms with E-state index in [-0.39, 0.29) is 0 Å². The Bertz CT molecular complexity index is 554. The summed E-state index contributed by atoms with van der Waals surface area (Å²) >= 11 is 6.08. The van der Waals surface area contributed by atoms with Gasteiger partial charge in [-0.15, -0.1) is 0 Å². The Morgan fingerprint density at radius 1 is 1.24 bits per heavy atom. The molecule has 2 nitrogen and oxygen atoms in total. The molecule has 90 valence electrons. The maximum atomic E-state index is 12.3.